The monoisotopic (exact) mass is 408 g/mol. The highest BCUT2D eigenvalue weighted by Crippen LogP contribution is 2.31. The van der Waals surface area contributed by atoms with Crippen LogP contribution in [0.4, 0.5) is 0 Å². The van der Waals surface area contributed by atoms with E-state index in [0.717, 1.165) is 30.0 Å². The fourth-order valence-corrected chi connectivity index (χ4v) is 4.64. The van der Waals surface area contributed by atoms with Crippen molar-refractivity contribution in [2.45, 2.75) is 56.7 Å². The first-order chi connectivity index (χ1) is 14.5. The number of rotatable bonds is 4. The maximum Gasteiger partial charge on any atom is 0.374 e. The number of hydrogen-bond donors (Lipinski definition) is 2. The number of carboxylic acids is 1. The van der Waals surface area contributed by atoms with Gasteiger partial charge in [0.2, 0.25) is 5.91 Å². The summed E-state index contributed by atoms with van der Waals surface area (Å²) in [5.41, 5.74) is 0.458. The van der Waals surface area contributed by atoms with Gasteiger partial charge in [0.1, 0.15) is 12.1 Å². The van der Waals surface area contributed by atoms with Gasteiger partial charge >= 0.3 is 5.97 Å². The highest BCUT2D eigenvalue weighted by molar-refractivity contribution is 6.35. The zero-order valence-corrected chi connectivity index (χ0v) is 16.5. The maximum absolute atomic E-state index is 13.3. The van der Waals surface area contributed by atoms with Crippen LogP contribution in [0.25, 0.3) is 10.8 Å². The molecule has 2 aliphatic rings. The van der Waals surface area contributed by atoms with Crippen LogP contribution < -0.4 is 5.32 Å². The lowest BCUT2D eigenvalue weighted by Crippen LogP contribution is -2.55. The minimum Gasteiger partial charge on any atom is -0.475 e. The largest absolute Gasteiger partial charge is 0.475 e. The van der Waals surface area contributed by atoms with E-state index < -0.39 is 23.8 Å². The van der Waals surface area contributed by atoms with Crippen molar-refractivity contribution in [2.24, 2.45) is 0 Å². The van der Waals surface area contributed by atoms with E-state index in [1.54, 1.807) is 12.1 Å². The third-order valence-electron chi connectivity index (χ3n) is 6.17. The van der Waals surface area contributed by atoms with Gasteiger partial charge in [-0.2, -0.15) is 0 Å². The Labute approximate surface area is 174 Å². The number of benzene rings is 2. The van der Waals surface area contributed by atoms with Crippen LogP contribution in [0.15, 0.2) is 42.5 Å². The molecular weight excluding hydrogens is 384 g/mol. The van der Waals surface area contributed by atoms with Crippen molar-refractivity contribution in [2.75, 3.05) is 0 Å². The first-order valence-corrected chi connectivity index (χ1v) is 10.3. The fraction of sp³-hybridized carbons (Fsp3) is 0.391. The average molecular weight is 408 g/mol. The molecular formula is C23H24N2O5. The van der Waals surface area contributed by atoms with Crippen LogP contribution in [0.2, 0.25) is 0 Å². The van der Waals surface area contributed by atoms with Crippen LogP contribution in [-0.2, 0) is 14.4 Å². The number of carbonyl (C=O) groups is 4. The Morgan fingerprint density at radius 1 is 0.933 bits per heavy atom. The average Bonchev–Trinajstić information content (AvgIpc) is 3.16. The molecule has 2 N–H and O–H groups in total. The van der Waals surface area contributed by atoms with E-state index in [1.807, 2.05) is 30.3 Å². The van der Waals surface area contributed by atoms with Crippen molar-refractivity contribution in [1.29, 1.82) is 0 Å². The molecule has 0 spiro atoms. The van der Waals surface area contributed by atoms with Gasteiger partial charge in [0.15, 0.2) is 0 Å². The minimum atomic E-state index is -1.52. The Balaban J connectivity index is 1.56. The van der Waals surface area contributed by atoms with Gasteiger partial charge in [0.25, 0.3) is 11.7 Å². The first-order valence-electron chi connectivity index (χ1n) is 10.3. The summed E-state index contributed by atoms with van der Waals surface area (Å²) in [5.74, 6) is -3.18. The van der Waals surface area contributed by atoms with Gasteiger partial charge in [0.05, 0.1) is 0 Å². The number of carbonyl (C=O) groups excluding carboxylic acids is 3. The molecule has 2 heterocycles. The van der Waals surface area contributed by atoms with Crippen molar-refractivity contribution in [3.63, 3.8) is 0 Å². The summed E-state index contributed by atoms with van der Waals surface area (Å²) in [4.78, 5) is 50.9. The van der Waals surface area contributed by atoms with Crippen LogP contribution in [-0.4, -0.2) is 51.7 Å². The molecule has 2 aliphatic heterocycles. The molecule has 0 unspecified atom stereocenters. The molecule has 2 amide bonds. The molecule has 3 atom stereocenters. The zero-order chi connectivity index (χ0) is 21.3. The van der Waals surface area contributed by atoms with Gasteiger partial charge in [-0.05, 0) is 48.6 Å². The van der Waals surface area contributed by atoms with Gasteiger partial charge in [-0.15, -0.1) is 0 Å². The first kappa shape index (κ1) is 20.1. The second kappa shape index (κ2) is 8.26. The maximum atomic E-state index is 13.3. The van der Waals surface area contributed by atoms with Crippen LogP contribution in [0.1, 0.15) is 48.9 Å². The Morgan fingerprint density at radius 3 is 2.43 bits per heavy atom. The number of ketones is 1. The van der Waals surface area contributed by atoms with Crippen molar-refractivity contribution >= 4 is 34.3 Å². The molecule has 2 aromatic carbocycles. The molecule has 0 bridgehead atoms. The highest BCUT2D eigenvalue weighted by atomic mass is 16.4. The van der Waals surface area contributed by atoms with Gasteiger partial charge in [-0.25, -0.2) is 4.79 Å². The molecule has 7 nitrogen and oxygen atoms in total. The summed E-state index contributed by atoms with van der Waals surface area (Å²) in [5, 5.41) is 13.9. The predicted molar refractivity (Wildman–Crippen MR) is 110 cm³/mol. The molecule has 156 valence electrons. The second-order valence-corrected chi connectivity index (χ2v) is 8.03. The summed E-state index contributed by atoms with van der Waals surface area (Å²) in [7, 11) is 0. The summed E-state index contributed by atoms with van der Waals surface area (Å²) >= 11 is 0. The van der Waals surface area contributed by atoms with Gasteiger partial charge in [0, 0.05) is 11.6 Å². The molecule has 4 rings (SSSR count). The molecule has 0 saturated carbocycles. The smallest absolute Gasteiger partial charge is 0.374 e. The third-order valence-corrected chi connectivity index (χ3v) is 6.17. The Hall–Kier alpha value is -3.22. The number of hydrogen-bond acceptors (Lipinski definition) is 4. The number of fused-ring (bicyclic) bond motifs is 2. The summed E-state index contributed by atoms with van der Waals surface area (Å²) in [6.45, 7) is 0. The summed E-state index contributed by atoms with van der Waals surface area (Å²) < 4.78 is 0. The lowest BCUT2D eigenvalue weighted by molar-refractivity contribution is -0.153. The number of Topliss-reactive ketones (excluding diaryl/α,β-unsaturated/α-hetero) is 1. The van der Waals surface area contributed by atoms with Gasteiger partial charge in [-0.3, -0.25) is 14.4 Å². The van der Waals surface area contributed by atoms with Crippen LogP contribution in [0.3, 0.4) is 0 Å². The van der Waals surface area contributed by atoms with Crippen molar-refractivity contribution in [3.8, 4) is 0 Å². The van der Waals surface area contributed by atoms with Gasteiger partial charge < -0.3 is 15.3 Å². The molecule has 30 heavy (non-hydrogen) atoms. The number of nitrogens with zero attached hydrogens (tertiary/aromatic N) is 1. The zero-order valence-electron chi connectivity index (χ0n) is 16.5. The Kier molecular flexibility index (Phi) is 5.53. The SMILES string of the molecule is O=C(O)C(=O)[C@@H]1CC[C@@H]2CCCC[C@H](NC(=O)c3ccc4ccccc4c3)C(=O)N21. The molecule has 2 fully saturated rings. The van der Waals surface area contributed by atoms with Crippen molar-refractivity contribution in [3.05, 3.63) is 48.0 Å². The van der Waals surface area contributed by atoms with Crippen LogP contribution >= 0.6 is 0 Å². The van der Waals surface area contributed by atoms with E-state index in [9.17, 15) is 19.2 Å². The Morgan fingerprint density at radius 2 is 1.67 bits per heavy atom. The van der Waals surface area contributed by atoms with E-state index in [4.69, 9.17) is 5.11 Å². The molecule has 0 aliphatic carbocycles. The highest BCUT2D eigenvalue weighted by Gasteiger charge is 2.45. The Bertz CT molecular complexity index is 1020. The fourth-order valence-electron chi connectivity index (χ4n) is 4.64. The number of amides is 2. The predicted octanol–water partition coefficient (Wildman–Crippen LogP) is 2.53. The minimum absolute atomic E-state index is 0.147. The standard InChI is InChI=1S/C23H24N2O5/c26-20(23(29)30)19-12-11-17-7-3-4-8-18(22(28)25(17)19)24-21(27)16-10-9-14-5-1-2-6-15(14)13-16/h1-2,5-6,9-10,13,17-19H,3-4,7-8,11-12H2,(H,24,27)(H,29,30)/t17-,18-,19-/m0/s1. The van der Waals surface area contributed by atoms with E-state index in [0.29, 0.717) is 24.8 Å². The number of nitrogens with one attached hydrogen (secondary N) is 1. The second-order valence-electron chi connectivity index (χ2n) is 8.03. The number of carboxylic acid groups (broad SMARTS) is 1. The van der Waals surface area contributed by atoms with Crippen LogP contribution in [0, 0.1) is 0 Å². The van der Waals surface area contributed by atoms with E-state index in [-0.39, 0.29) is 17.9 Å². The molecule has 2 aromatic rings. The quantitative estimate of drug-likeness (QED) is 0.757. The number of aliphatic carboxylic acids is 1. The molecule has 2 saturated heterocycles. The van der Waals surface area contributed by atoms with E-state index in [1.165, 1.54) is 4.90 Å². The third kappa shape index (κ3) is 3.79. The topological polar surface area (TPSA) is 104 Å². The van der Waals surface area contributed by atoms with Crippen molar-refractivity contribution < 1.29 is 24.3 Å². The van der Waals surface area contributed by atoms with Gasteiger partial charge in [-0.1, -0.05) is 43.2 Å². The summed E-state index contributed by atoms with van der Waals surface area (Å²) in [6.07, 6.45) is 3.84. The normalized spacial score (nSPS) is 24.1. The lowest BCUT2D eigenvalue weighted by Gasteiger charge is -2.34. The van der Waals surface area contributed by atoms with E-state index in [2.05, 4.69) is 5.32 Å². The molecule has 7 heteroatoms. The van der Waals surface area contributed by atoms with Crippen LogP contribution in [0.5, 0.6) is 0 Å². The molecule has 0 radical (unpaired) electrons. The van der Waals surface area contributed by atoms with Crippen molar-refractivity contribution in [1.82, 2.24) is 10.2 Å². The van der Waals surface area contributed by atoms with E-state index >= 15 is 0 Å². The molecule has 0 aromatic heterocycles. The summed E-state index contributed by atoms with van der Waals surface area (Å²) in [6, 6.07) is 11.2. The lowest BCUT2D eigenvalue weighted by atomic mass is 9.98.